The van der Waals surface area contributed by atoms with Crippen molar-refractivity contribution in [3.8, 4) is 0 Å². The predicted molar refractivity (Wildman–Crippen MR) is 45.1 cm³/mol. The first kappa shape index (κ1) is 6.66. The van der Waals surface area contributed by atoms with Crippen molar-refractivity contribution < 1.29 is 0 Å². The van der Waals surface area contributed by atoms with Gasteiger partial charge in [-0.1, -0.05) is 0 Å². The van der Waals surface area contributed by atoms with Gasteiger partial charge in [-0.3, -0.25) is 0 Å². The van der Waals surface area contributed by atoms with Crippen molar-refractivity contribution >= 4 is 15.9 Å². The topological polar surface area (TPSA) is 21.9 Å². The zero-order valence-electron chi connectivity index (χ0n) is 5.95. The molecule has 1 aliphatic heterocycles. The Morgan fingerprint density at radius 1 is 1.90 bits per heavy atom. The molecule has 1 unspecified atom stereocenters. The fourth-order valence-electron chi connectivity index (χ4n) is 1.48. The summed E-state index contributed by atoms with van der Waals surface area (Å²) >= 11 is 3.43. The van der Waals surface area contributed by atoms with Gasteiger partial charge in [-0.2, -0.15) is 0 Å². The largest absolute Gasteiger partial charge is 0.301 e. The summed E-state index contributed by atoms with van der Waals surface area (Å²) in [6.07, 6.45) is 4.51. The lowest BCUT2D eigenvalue weighted by molar-refractivity contribution is 0.662. The first-order chi connectivity index (χ1) is 4.73. The highest BCUT2D eigenvalue weighted by molar-refractivity contribution is 9.11. The van der Waals surface area contributed by atoms with Gasteiger partial charge in [0.05, 0.1) is 5.54 Å². The molecule has 1 N–H and O–H groups in total. The maximum Gasteiger partial charge on any atom is 0.0598 e. The quantitative estimate of drug-likeness (QED) is 0.468. The molecule has 2 aliphatic rings. The van der Waals surface area contributed by atoms with E-state index in [0.29, 0.717) is 11.6 Å². The van der Waals surface area contributed by atoms with Gasteiger partial charge in [0.15, 0.2) is 0 Å². The average Bonchev–Trinajstić information content (AvgIpc) is 2.53. The lowest BCUT2D eigenvalue weighted by Gasteiger charge is -2.10. The highest BCUT2D eigenvalue weighted by Crippen LogP contribution is 2.37. The lowest BCUT2D eigenvalue weighted by atomic mass is 9.96. The molecule has 2 rings (SSSR count). The molecule has 1 spiro atoms. The molecule has 0 bridgehead atoms. The molecule has 1 aliphatic carbocycles. The summed E-state index contributed by atoms with van der Waals surface area (Å²) in [5.74, 6) is 0. The minimum Gasteiger partial charge on any atom is -0.301 e. The van der Waals surface area contributed by atoms with E-state index in [1.807, 2.05) is 0 Å². The van der Waals surface area contributed by atoms with Gasteiger partial charge in [-0.25, -0.2) is 0 Å². The summed E-state index contributed by atoms with van der Waals surface area (Å²) in [5.41, 5.74) is 3.54. The Morgan fingerprint density at radius 3 is 3.00 bits per heavy atom. The molecule has 1 saturated heterocycles. The minimum atomic E-state index is 0.331. The van der Waals surface area contributed by atoms with Crippen LogP contribution in [0, 0.1) is 0 Å². The van der Waals surface area contributed by atoms with Gasteiger partial charge in [-0.05, 0) is 41.8 Å². The van der Waals surface area contributed by atoms with Crippen LogP contribution in [0.3, 0.4) is 0 Å². The van der Waals surface area contributed by atoms with Gasteiger partial charge in [0, 0.05) is 10.5 Å². The Balaban J connectivity index is 2.25. The van der Waals surface area contributed by atoms with E-state index in [1.54, 1.807) is 0 Å². The van der Waals surface area contributed by atoms with Crippen LogP contribution in [0.15, 0.2) is 16.3 Å². The van der Waals surface area contributed by atoms with E-state index in [-0.39, 0.29) is 0 Å². The Kier molecular flexibility index (Phi) is 1.31. The van der Waals surface area contributed by atoms with Gasteiger partial charge in [0.25, 0.3) is 0 Å². The van der Waals surface area contributed by atoms with Gasteiger partial charge in [0.1, 0.15) is 0 Å². The molecule has 54 valence electrons. The van der Waals surface area contributed by atoms with Crippen molar-refractivity contribution in [2.45, 2.75) is 31.3 Å². The molecule has 0 radical (unpaired) electrons. The van der Waals surface area contributed by atoms with Gasteiger partial charge in [-0.15, -0.1) is 5.73 Å². The average molecular weight is 200 g/mol. The molecular formula is C8H10BrN. The second-order valence-electron chi connectivity index (χ2n) is 3.10. The SMILES string of the molecule is C[C@@H]1NC12C=C=C(Br)CC2. The molecule has 10 heavy (non-hydrogen) atoms. The third-order valence-electron chi connectivity index (χ3n) is 2.42. The van der Waals surface area contributed by atoms with Crippen molar-refractivity contribution in [3.05, 3.63) is 16.3 Å². The highest BCUT2D eigenvalue weighted by atomic mass is 79.9. The van der Waals surface area contributed by atoms with Gasteiger partial charge in [0.2, 0.25) is 0 Å². The number of halogens is 1. The van der Waals surface area contributed by atoms with Crippen LogP contribution in [0.5, 0.6) is 0 Å². The van der Waals surface area contributed by atoms with E-state index < -0.39 is 0 Å². The summed E-state index contributed by atoms with van der Waals surface area (Å²) in [6, 6.07) is 0.667. The first-order valence-corrected chi connectivity index (χ1v) is 4.42. The van der Waals surface area contributed by atoms with E-state index in [1.165, 1.54) is 10.9 Å². The van der Waals surface area contributed by atoms with Crippen LogP contribution in [-0.4, -0.2) is 11.6 Å². The molecule has 0 amide bonds. The third-order valence-corrected chi connectivity index (χ3v) is 3.04. The van der Waals surface area contributed by atoms with Crippen molar-refractivity contribution in [1.82, 2.24) is 5.32 Å². The Labute approximate surface area is 69.3 Å². The fraction of sp³-hybridized carbons (Fsp3) is 0.625. The summed E-state index contributed by atoms with van der Waals surface area (Å²) in [7, 11) is 0. The summed E-state index contributed by atoms with van der Waals surface area (Å²) < 4.78 is 1.21. The van der Waals surface area contributed by atoms with E-state index in [2.05, 4.69) is 40.0 Å². The maximum absolute atomic E-state index is 3.43. The van der Waals surface area contributed by atoms with Crippen LogP contribution in [0.1, 0.15) is 19.8 Å². The van der Waals surface area contributed by atoms with E-state index >= 15 is 0 Å². The number of hydrogen-bond donors (Lipinski definition) is 1. The van der Waals surface area contributed by atoms with Crippen molar-refractivity contribution in [3.63, 3.8) is 0 Å². The molecule has 1 heterocycles. The van der Waals surface area contributed by atoms with Crippen LogP contribution in [-0.2, 0) is 0 Å². The maximum atomic E-state index is 3.43. The predicted octanol–water partition coefficient (Wildman–Crippen LogP) is 1.94. The normalized spacial score (nSPS) is 43.8. The lowest BCUT2D eigenvalue weighted by Crippen LogP contribution is -2.14. The van der Waals surface area contributed by atoms with E-state index in [0.717, 1.165) is 6.42 Å². The second-order valence-corrected chi connectivity index (χ2v) is 4.06. The Bertz CT molecular complexity index is 227. The molecule has 0 aromatic heterocycles. The summed E-state index contributed by atoms with van der Waals surface area (Å²) in [5, 5.41) is 3.42. The van der Waals surface area contributed by atoms with Gasteiger partial charge >= 0.3 is 0 Å². The van der Waals surface area contributed by atoms with E-state index in [9.17, 15) is 0 Å². The third kappa shape index (κ3) is 0.878. The minimum absolute atomic E-state index is 0.331. The van der Waals surface area contributed by atoms with Crippen LogP contribution in [0.25, 0.3) is 0 Å². The fourth-order valence-corrected chi connectivity index (χ4v) is 1.80. The summed E-state index contributed by atoms with van der Waals surface area (Å²) in [6.45, 7) is 2.22. The van der Waals surface area contributed by atoms with E-state index in [4.69, 9.17) is 0 Å². The van der Waals surface area contributed by atoms with Crippen LogP contribution < -0.4 is 5.32 Å². The van der Waals surface area contributed by atoms with Gasteiger partial charge < -0.3 is 5.32 Å². The first-order valence-electron chi connectivity index (χ1n) is 3.63. The van der Waals surface area contributed by atoms with Crippen LogP contribution >= 0.6 is 15.9 Å². The van der Waals surface area contributed by atoms with Crippen LogP contribution in [0.4, 0.5) is 0 Å². The zero-order chi connectivity index (χ0) is 7.19. The number of hydrogen-bond acceptors (Lipinski definition) is 1. The standard InChI is InChI=1S/C8H10BrN/c1-6-8(10-6)4-2-7(9)3-5-8/h5-6,10H,2,4H2,1H3/t6-,8?/m0/s1. The smallest absolute Gasteiger partial charge is 0.0598 e. The molecule has 0 aromatic rings. The van der Waals surface area contributed by atoms with Crippen molar-refractivity contribution in [2.24, 2.45) is 0 Å². The Hall–Kier alpha value is -0.0400. The molecule has 1 nitrogen and oxygen atoms in total. The van der Waals surface area contributed by atoms with Crippen LogP contribution in [0.2, 0.25) is 0 Å². The monoisotopic (exact) mass is 199 g/mol. The molecule has 2 atom stereocenters. The molecule has 2 heteroatoms. The van der Waals surface area contributed by atoms with Crippen molar-refractivity contribution in [1.29, 1.82) is 0 Å². The molecule has 1 fully saturated rings. The molecular weight excluding hydrogens is 190 g/mol. The second kappa shape index (κ2) is 1.97. The number of nitrogens with one attached hydrogen (secondary N) is 1. The summed E-state index contributed by atoms with van der Waals surface area (Å²) in [4.78, 5) is 0. The Morgan fingerprint density at radius 2 is 2.60 bits per heavy atom. The molecule has 0 aromatic carbocycles. The molecule has 0 saturated carbocycles. The highest BCUT2D eigenvalue weighted by Gasteiger charge is 2.48. The van der Waals surface area contributed by atoms with Crippen molar-refractivity contribution in [2.75, 3.05) is 0 Å². The zero-order valence-corrected chi connectivity index (χ0v) is 7.53. The number of rotatable bonds is 0.